The van der Waals surface area contributed by atoms with Crippen LogP contribution in [0.1, 0.15) is 43.6 Å². The molecule has 0 saturated heterocycles. The lowest BCUT2D eigenvalue weighted by atomic mass is 9.89. The predicted octanol–water partition coefficient (Wildman–Crippen LogP) is 2.82. The van der Waals surface area contributed by atoms with Crippen LogP contribution in [-0.4, -0.2) is 37.5 Å². The molecule has 1 aromatic carbocycles. The number of carboxylic acids is 1. The van der Waals surface area contributed by atoms with Crippen molar-refractivity contribution in [1.29, 1.82) is 0 Å². The van der Waals surface area contributed by atoms with Gasteiger partial charge in [0.05, 0.1) is 23.2 Å². The highest BCUT2D eigenvalue weighted by molar-refractivity contribution is 6.30. The largest absolute Gasteiger partial charge is 0.481 e. The highest BCUT2D eigenvalue weighted by atomic mass is 35.5. The van der Waals surface area contributed by atoms with E-state index < -0.39 is 23.2 Å². The van der Waals surface area contributed by atoms with Crippen LogP contribution in [0.5, 0.6) is 0 Å². The van der Waals surface area contributed by atoms with Gasteiger partial charge in [-0.15, -0.1) is 5.10 Å². The highest BCUT2D eigenvalue weighted by Crippen LogP contribution is 2.22. The maximum Gasteiger partial charge on any atom is 0.305 e. The lowest BCUT2D eigenvalue weighted by molar-refractivity contribution is -0.138. The third-order valence-corrected chi connectivity index (χ3v) is 4.42. The molecule has 0 radical (unpaired) electrons. The van der Waals surface area contributed by atoms with Crippen molar-refractivity contribution in [2.45, 2.75) is 38.6 Å². The maximum atomic E-state index is 14.0. The summed E-state index contributed by atoms with van der Waals surface area (Å²) in [6.45, 7) is 3.59. The molecular weight excluding hydrogens is 351 g/mol. The number of nitrogens with one attached hydrogen (secondary N) is 1. The molecule has 2 N–H and O–H groups in total. The second-order valence-corrected chi connectivity index (χ2v) is 6.04. The van der Waals surface area contributed by atoms with Crippen LogP contribution in [0.25, 0.3) is 5.69 Å². The number of aromatic nitrogens is 3. The van der Waals surface area contributed by atoms with Gasteiger partial charge in [-0.05, 0) is 25.0 Å². The maximum absolute atomic E-state index is 14.0. The van der Waals surface area contributed by atoms with Gasteiger partial charge in [0, 0.05) is 0 Å². The van der Waals surface area contributed by atoms with Gasteiger partial charge in [-0.1, -0.05) is 36.7 Å². The van der Waals surface area contributed by atoms with E-state index in [4.69, 9.17) is 16.7 Å². The van der Waals surface area contributed by atoms with Crippen molar-refractivity contribution in [3.8, 4) is 5.69 Å². The Morgan fingerprint density at radius 1 is 1.36 bits per heavy atom. The van der Waals surface area contributed by atoms with Crippen LogP contribution in [0.15, 0.2) is 24.4 Å². The van der Waals surface area contributed by atoms with Crippen molar-refractivity contribution in [2.24, 2.45) is 0 Å². The number of hydrogen-bond donors (Lipinski definition) is 2. The van der Waals surface area contributed by atoms with Gasteiger partial charge < -0.3 is 10.4 Å². The van der Waals surface area contributed by atoms with Gasteiger partial charge >= 0.3 is 5.97 Å². The number of hydrogen-bond acceptors (Lipinski definition) is 4. The minimum absolute atomic E-state index is 0.0453. The summed E-state index contributed by atoms with van der Waals surface area (Å²) in [5.74, 6) is -2.25. The van der Waals surface area contributed by atoms with E-state index in [1.165, 1.54) is 18.3 Å². The minimum Gasteiger partial charge on any atom is -0.481 e. The van der Waals surface area contributed by atoms with Gasteiger partial charge in [-0.2, -0.15) is 0 Å². The molecule has 0 aliphatic rings. The molecule has 0 saturated carbocycles. The summed E-state index contributed by atoms with van der Waals surface area (Å²) in [7, 11) is 0. The Balaban J connectivity index is 2.25. The van der Waals surface area contributed by atoms with Crippen LogP contribution >= 0.6 is 11.6 Å². The van der Waals surface area contributed by atoms with Crippen LogP contribution in [0.2, 0.25) is 5.02 Å². The third kappa shape index (κ3) is 4.14. The van der Waals surface area contributed by atoms with Gasteiger partial charge in [0.2, 0.25) is 0 Å². The molecule has 0 spiro atoms. The summed E-state index contributed by atoms with van der Waals surface area (Å²) in [6, 6.07) is 4.40. The number of benzene rings is 1. The Kier molecular flexibility index (Phi) is 5.73. The zero-order valence-electron chi connectivity index (χ0n) is 13.8. The zero-order valence-corrected chi connectivity index (χ0v) is 14.5. The average molecular weight is 369 g/mol. The molecule has 0 atom stereocenters. The van der Waals surface area contributed by atoms with E-state index in [9.17, 15) is 14.0 Å². The van der Waals surface area contributed by atoms with E-state index in [-0.39, 0.29) is 22.8 Å². The van der Waals surface area contributed by atoms with Crippen molar-refractivity contribution >= 4 is 23.5 Å². The fraction of sp³-hybridized carbons (Fsp3) is 0.375. The van der Waals surface area contributed by atoms with Crippen LogP contribution in [0.4, 0.5) is 4.39 Å². The fourth-order valence-corrected chi connectivity index (χ4v) is 2.64. The second kappa shape index (κ2) is 7.60. The van der Waals surface area contributed by atoms with E-state index >= 15 is 0 Å². The number of carboxylic acid groups (broad SMARTS) is 1. The van der Waals surface area contributed by atoms with Crippen molar-refractivity contribution in [2.75, 3.05) is 0 Å². The number of carbonyl (C=O) groups is 2. The predicted molar refractivity (Wildman–Crippen MR) is 89.4 cm³/mol. The van der Waals surface area contributed by atoms with Crippen molar-refractivity contribution < 1.29 is 19.1 Å². The monoisotopic (exact) mass is 368 g/mol. The fourth-order valence-electron chi connectivity index (χ4n) is 2.47. The van der Waals surface area contributed by atoms with Gasteiger partial charge in [-0.25, -0.2) is 9.07 Å². The first-order chi connectivity index (χ1) is 11.8. The number of nitrogens with zero attached hydrogens (tertiary/aromatic N) is 3. The quantitative estimate of drug-likeness (QED) is 0.783. The van der Waals surface area contributed by atoms with E-state index in [1.807, 2.05) is 0 Å². The molecule has 0 fully saturated rings. The van der Waals surface area contributed by atoms with Crippen LogP contribution in [-0.2, 0) is 4.79 Å². The zero-order chi connectivity index (χ0) is 18.6. The minimum atomic E-state index is -1.01. The SMILES string of the molecule is CCC(CC)(CC(=O)O)NC(=O)c1cn(-c2cccc(Cl)c2F)nn1. The Morgan fingerprint density at radius 2 is 2.04 bits per heavy atom. The highest BCUT2D eigenvalue weighted by Gasteiger charge is 2.32. The number of amides is 1. The molecule has 25 heavy (non-hydrogen) atoms. The molecule has 1 heterocycles. The Morgan fingerprint density at radius 3 is 2.64 bits per heavy atom. The first-order valence-electron chi connectivity index (χ1n) is 7.73. The van der Waals surface area contributed by atoms with Crippen molar-refractivity contribution in [1.82, 2.24) is 20.3 Å². The molecule has 134 valence electrons. The average Bonchev–Trinajstić information content (AvgIpc) is 3.06. The molecule has 9 heteroatoms. The molecule has 2 aromatic rings. The normalized spacial score (nSPS) is 11.4. The molecule has 1 aromatic heterocycles. The summed E-state index contributed by atoms with van der Waals surface area (Å²) in [5, 5.41) is 19.2. The van der Waals surface area contributed by atoms with Crippen LogP contribution in [0, 0.1) is 5.82 Å². The first-order valence-corrected chi connectivity index (χ1v) is 8.10. The smallest absolute Gasteiger partial charge is 0.305 e. The van der Waals surface area contributed by atoms with Crippen molar-refractivity contribution in [3.63, 3.8) is 0 Å². The summed E-state index contributed by atoms with van der Waals surface area (Å²) in [6.07, 6.45) is 1.95. The van der Waals surface area contributed by atoms with Crippen molar-refractivity contribution in [3.05, 3.63) is 40.9 Å². The molecule has 0 bridgehead atoms. The molecule has 0 unspecified atom stereocenters. The van der Waals surface area contributed by atoms with Gasteiger partial charge in [0.25, 0.3) is 5.91 Å². The molecule has 0 aliphatic carbocycles. The molecule has 2 rings (SSSR count). The van der Waals surface area contributed by atoms with Gasteiger partial charge in [0.1, 0.15) is 5.69 Å². The Hall–Kier alpha value is -2.48. The molecule has 7 nitrogen and oxygen atoms in total. The summed E-state index contributed by atoms with van der Waals surface area (Å²) in [4.78, 5) is 23.5. The number of rotatable bonds is 7. The summed E-state index contributed by atoms with van der Waals surface area (Å²) >= 11 is 5.73. The molecule has 0 aliphatic heterocycles. The van der Waals surface area contributed by atoms with Crippen LogP contribution in [0.3, 0.4) is 0 Å². The first kappa shape index (κ1) is 18.9. The van der Waals surface area contributed by atoms with E-state index in [0.717, 1.165) is 4.68 Å². The number of carbonyl (C=O) groups excluding carboxylic acids is 1. The number of aliphatic carboxylic acids is 1. The second-order valence-electron chi connectivity index (χ2n) is 5.63. The third-order valence-electron chi connectivity index (χ3n) is 4.13. The number of halogens is 2. The molecular formula is C16H18ClFN4O3. The standard InChI is InChI=1S/C16H18ClFN4O3/c1-3-16(4-2,8-13(23)24)19-15(25)11-9-22(21-20-11)12-7-5-6-10(17)14(12)18/h5-7,9H,3-4,8H2,1-2H3,(H,19,25)(H,23,24). The Labute approximate surface area is 148 Å². The van der Waals surface area contributed by atoms with E-state index in [1.54, 1.807) is 19.9 Å². The van der Waals surface area contributed by atoms with E-state index in [0.29, 0.717) is 12.8 Å². The summed E-state index contributed by atoms with van der Waals surface area (Å²) in [5.41, 5.74) is -0.869. The van der Waals surface area contributed by atoms with Gasteiger partial charge in [0.15, 0.2) is 11.5 Å². The Bertz CT molecular complexity index is 789. The topological polar surface area (TPSA) is 97.1 Å². The molecule has 1 amide bonds. The lowest BCUT2D eigenvalue weighted by Crippen LogP contribution is -2.49. The summed E-state index contributed by atoms with van der Waals surface area (Å²) < 4.78 is 15.1. The van der Waals surface area contributed by atoms with Gasteiger partial charge in [-0.3, -0.25) is 9.59 Å². The lowest BCUT2D eigenvalue weighted by Gasteiger charge is -2.30. The van der Waals surface area contributed by atoms with Crippen LogP contribution < -0.4 is 5.32 Å². The van der Waals surface area contributed by atoms with E-state index in [2.05, 4.69) is 15.6 Å².